The van der Waals surface area contributed by atoms with Crippen molar-refractivity contribution in [2.24, 2.45) is 0 Å². The van der Waals surface area contributed by atoms with Gasteiger partial charge in [0.2, 0.25) is 0 Å². The number of nitrogens with one attached hydrogen (secondary N) is 1. The number of hydrogen-bond donors (Lipinski definition) is 1. The third-order valence-corrected chi connectivity index (χ3v) is 5.21. The van der Waals surface area contributed by atoms with Crippen LogP contribution in [0.15, 0.2) is 24.3 Å². The van der Waals surface area contributed by atoms with Crippen molar-refractivity contribution in [3.8, 4) is 0 Å². The van der Waals surface area contributed by atoms with E-state index in [0.717, 1.165) is 45.4 Å². The van der Waals surface area contributed by atoms with Crippen molar-refractivity contribution in [2.75, 3.05) is 31.1 Å². The molecule has 1 heterocycles. The van der Waals surface area contributed by atoms with Crippen molar-refractivity contribution < 1.29 is 4.79 Å². The van der Waals surface area contributed by atoms with Gasteiger partial charge in [-0.1, -0.05) is 44.4 Å². The van der Waals surface area contributed by atoms with Gasteiger partial charge in [-0.2, -0.15) is 0 Å². The Balaban J connectivity index is 1.52. The van der Waals surface area contributed by atoms with Gasteiger partial charge in [-0.05, 0) is 30.9 Å². The molecule has 0 bridgehead atoms. The summed E-state index contributed by atoms with van der Waals surface area (Å²) in [7, 11) is 0. The van der Waals surface area contributed by atoms with Crippen molar-refractivity contribution in [3.63, 3.8) is 0 Å². The Kier molecular flexibility index (Phi) is 5.42. The lowest BCUT2D eigenvalue weighted by Gasteiger charge is -2.37. The summed E-state index contributed by atoms with van der Waals surface area (Å²) >= 11 is 0. The molecule has 1 N–H and O–H groups in total. The van der Waals surface area contributed by atoms with Crippen molar-refractivity contribution in [2.45, 2.75) is 51.5 Å². The number of nitrogens with zero attached hydrogens (tertiary/aromatic N) is 2. The van der Waals surface area contributed by atoms with Crippen molar-refractivity contribution in [1.29, 1.82) is 0 Å². The molecule has 2 aliphatic rings. The second-order valence-corrected chi connectivity index (χ2v) is 6.74. The highest BCUT2D eigenvalue weighted by Gasteiger charge is 2.24. The first-order valence-corrected chi connectivity index (χ1v) is 9.16. The van der Waals surface area contributed by atoms with Gasteiger partial charge >= 0.3 is 6.03 Å². The van der Waals surface area contributed by atoms with E-state index in [2.05, 4.69) is 41.4 Å². The zero-order chi connectivity index (χ0) is 16.1. The number of hydrogen-bond acceptors (Lipinski definition) is 2. The Morgan fingerprint density at radius 3 is 2.48 bits per heavy atom. The van der Waals surface area contributed by atoms with E-state index in [4.69, 9.17) is 0 Å². The largest absolute Gasteiger partial charge is 0.368 e. The summed E-state index contributed by atoms with van der Waals surface area (Å²) in [5.41, 5.74) is 2.73. The molecule has 2 amide bonds. The fourth-order valence-corrected chi connectivity index (χ4v) is 3.78. The van der Waals surface area contributed by atoms with Gasteiger partial charge in [-0.3, -0.25) is 0 Å². The smallest absolute Gasteiger partial charge is 0.317 e. The van der Waals surface area contributed by atoms with E-state index in [9.17, 15) is 4.79 Å². The van der Waals surface area contributed by atoms with Crippen molar-refractivity contribution >= 4 is 11.7 Å². The molecule has 0 spiro atoms. The van der Waals surface area contributed by atoms with Gasteiger partial charge in [0.05, 0.1) is 0 Å². The van der Waals surface area contributed by atoms with E-state index in [1.807, 2.05) is 4.90 Å². The first-order valence-electron chi connectivity index (χ1n) is 9.16. The maximum Gasteiger partial charge on any atom is 0.317 e. The molecule has 1 aliphatic heterocycles. The first kappa shape index (κ1) is 16.2. The number of benzene rings is 1. The summed E-state index contributed by atoms with van der Waals surface area (Å²) in [6.45, 7) is 5.68. The fourth-order valence-electron chi connectivity index (χ4n) is 3.78. The van der Waals surface area contributed by atoms with Crippen LogP contribution in [-0.2, 0) is 6.42 Å². The summed E-state index contributed by atoms with van der Waals surface area (Å²) in [5, 5.41) is 3.23. The molecule has 1 aliphatic carbocycles. The van der Waals surface area contributed by atoms with Crippen LogP contribution in [0.2, 0.25) is 0 Å². The molecule has 1 saturated heterocycles. The van der Waals surface area contributed by atoms with Gasteiger partial charge < -0.3 is 15.1 Å². The molecule has 2 fully saturated rings. The number of urea groups is 1. The number of carbonyl (C=O) groups excluding carboxylic acids is 1. The maximum atomic E-state index is 12.4. The first-order chi connectivity index (χ1) is 11.3. The molecule has 126 valence electrons. The molecule has 1 aromatic rings. The Morgan fingerprint density at radius 1 is 1.09 bits per heavy atom. The molecular weight excluding hydrogens is 286 g/mol. The predicted octanol–water partition coefficient (Wildman–Crippen LogP) is 3.41. The normalized spacial score (nSPS) is 19.7. The molecule has 1 saturated carbocycles. The quantitative estimate of drug-likeness (QED) is 0.928. The standard InChI is InChI=1S/C19H29N3O/c1-2-16-8-6-7-11-18(16)21-12-14-22(15-13-21)19(23)20-17-9-4-3-5-10-17/h6-8,11,17H,2-5,9-10,12-15H2,1H3,(H,20,23). The Hall–Kier alpha value is -1.71. The van der Waals surface area contributed by atoms with E-state index in [0.29, 0.717) is 6.04 Å². The molecule has 0 aromatic heterocycles. The average Bonchev–Trinajstić information content (AvgIpc) is 2.62. The average molecular weight is 315 g/mol. The van der Waals surface area contributed by atoms with Gasteiger partial charge in [0.25, 0.3) is 0 Å². The SMILES string of the molecule is CCc1ccccc1N1CCN(C(=O)NC2CCCCC2)CC1. The van der Waals surface area contributed by atoms with Crippen LogP contribution in [-0.4, -0.2) is 43.2 Å². The number of para-hydroxylation sites is 1. The van der Waals surface area contributed by atoms with E-state index < -0.39 is 0 Å². The van der Waals surface area contributed by atoms with E-state index in [1.165, 1.54) is 30.5 Å². The lowest BCUT2D eigenvalue weighted by atomic mass is 9.96. The lowest BCUT2D eigenvalue weighted by Crippen LogP contribution is -2.53. The fraction of sp³-hybridized carbons (Fsp3) is 0.632. The van der Waals surface area contributed by atoms with Crippen LogP contribution in [0.25, 0.3) is 0 Å². The molecule has 4 nitrogen and oxygen atoms in total. The Labute approximate surface area is 139 Å². The zero-order valence-corrected chi connectivity index (χ0v) is 14.3. The summed E-state index contributed by atoms with van der Waals surface area (Å²) in [4.78, 5) is 16.8. The number of aryl methyl sites for hydroxylation is 1. The molecule has 1 aromatic carbocycles. The summed E-state index contributed by atoms with van der Waals surface area (Å²) in [5.74, 6) is 0. The predicted molar refractivity (Wildman–Crippen MR) is 95.0 cm³/mol. The van der Waals surface area contributed by atoms with Gasteiger partial charge in [-0.15, -0.1) is 0 Å². The second-order valence-electron chi connectivity index (χ2n) is 6.74. The Bertz CT molecular complexity index is 517. The number of rotatable bonds is 3. The highest BCUT2D eigenvalue weighted by molar-refractivity contribution is 5.75. The number of anilines is 1. The van der Waals surface area contributed by atoms with Gasteiger partial charge in [0.15, 0.2) is 0 Å². The lowest BCUT2D eigenvalue weighted by molar-refractivity contribution is 0.186. The maximum absolute atomic E-state index is 12.4. The number of carbonyl (C=O) groups is 1. The third kappa shape index (κ3) is 3.98. The minimum atomic E-state index is 0.139. The van der Waals surface area contributed by atoms with Crippen LogP contribution in [0.5, 0.6) is 0 Å². The van der Waals surface area contributed by atoms with Crippen molar-refractivity contribution in [1.82, 2.24) is 10.2 Å². The monoisotopic (exact) mass is 315 g/mol. The van der Waals surface area contributed by atoms with E-state index in [-0.39, 0.29) is 6.03 Å². The minimum Gasteiger partial charge on any atom is -0.368 e. The van der Waals surface area contributed by atoms with E-state index >= 15 is 0 Å². The summed E-state index contributed by atoms with van der Waals surface area (Å²) in [6, 6.07) is 9.16. The molecule has 3 rings (SSSR count). The van der Waals surface area contributed by atoms with Gasteiger partial charge in [0.1, 0.15) is 0 Å². The summed E-state index contributed by atoms with van der Waals surface area (Å²) in [6.07, 6.45) is 7.19. The molecule has 0 radical (unpaired) electrons. The zero-order valence-electron chi connectivity index (χ0n) is 14.3. The van der Waals surface area contributed by atoms with Crippen LogP contribution in [0.3, 0.4) is 0 Å². The number of piperazine rings is 1. The minimum absolute atomic E-state index is 0.139. The van der Waals surface area contributed by atoms with Crippen LogP contribution >= 0.6 is 0 Å². The highest BCUT2D eigenvalue weighted by atomic mass is 16.2. The van der Waals surface area contributed by atoms with E-state index in [1.54, 1.807) is 0 Å². The third-order valence-electron chi connectivity index (χ3n) is 5.21. The second kappa shape index (κ2) is 7.71. The molecule has 23 heavy (non-hydrogen) atoms. The molecule has 4 heteroatoms. The van der Waals surface area contributed by atoms with Crippen LogP contribution in [0, 0.1) is 0 Å². The topological polar surface area (TPSA) is 35.6 Å². The van der Waals surface area contributed by atoms with Crippen molar-refractivity contribution in [3.05, 3.63) is 29.8 Å². The highest BCUT2D eigenvalue weighted by Crippen LogP contribution is 2.22. The molecule has 0 unspecified atom stereocenters. The summed E-state index contributed by atoms with van der Waals surface area (Å²) < 4.78 is 0. The molecular formula is C19H29N3O. The van der Waals surface area contributed by atoms with Crippen LogP contribution < -0.4 is 10.2 Å². The van der Waals surface area contributed by atoms with Crippen LogP contribution in [0.1, 0.15) is 44.6 Å². The van der Waals surface area contributed by atoms with Gasteiger partial charge in [-0.25, -0.2) is 4.79 Å². The Morgan fingerprint density at radius 2 is 1.78 bits per heavy atom. The van der Waals surface area contributed by atoms with Gasteiger partial charge in [0, 0.05) is 37.9 Å². The number of amides is 2. The van der Waals surface area contributed by atoms with Crippen LogP contribution in [0.4, 0.5) is 10.5 Å². The molecule has 0 atom stereocenters.